The van der Waals surface area contributed by atoms with E-state index >= 15 is 0 Å². The van der Waals surface area contributed by atoms with E-state index in [0.717, 1.165) is 23.9 Å². The minimum absolute atomic E-state index is 0.239. The molecule has 0 aliphatic carbocycles. The van der Waals surface area contributed by atoms with E-state index < -0.39 is 6.10 Å². The summed E-state index contributed by atoms with van der Waals surface area (Å²) in [7, 11) is 0. The van der Waals surface area contributed by atoms with E-state index in [4.69, 9.17) is 4.74 Å². The minimum atomic E-state index is -0.485. The van der Waals surface area contributed by atoms with Crippen LogP contribution in [-0.2, 0) is 4.74 Å². The predicted octanol–water partition coefficient (Wildman–Crippen LogP) is 1.81. The van der Waals surface area contributed by atoms with Crippen LogP contribution in [0.25, 0.3) is 0 Å². The van der Waals surface area contributed by atoms with Gasteiger partial charge in [-0.3, -0.25) is 0 Å². The molecule has 0 saturated carbocycles. The van der Waals surface area contributed by atoms with Crippen molar-refractivity contribution >= 4 is 16.5 Å². The first-order valence-electron chi connectivity index (χ1n) is 5.60. The molecule has 0 spiro atoms. The molecule has 4 nitrogen and oxygen atoms in total. The zero-order valence-electron chi connectivity index (χ0n) is 9.88. The fourth-order valence-electron chi connectivity index (χ4n) is 1.95. The standard InChI is InChI=1S/C11H18N2O2S/c1-7-4-13(5-8(2)15-7)11-12-10(6-16-11)9(3)14/h6-9,14H,4-5H2,1-3H3. The second-order valence-corrected chi connectivity index (χ2v) is 5.23. The molecular weight excluding hydrogens is 224 g/mol. The summed E-state index contributed by atoms with van der Waals surface area (Å²) in [6.45, 7) is 7.63. The van der Waals surface area contributed by atoms with E-state index in [1.807, 2.05) is 5.38 Å². The summed E-state index contributed by atoms with van der Waals surface area (Å²) in [6, 6.07) is 0. The van der Waals surface area contributed by atoms with Gasteiger partial charge in [-0.1, -0.05) is 0 Å². The second-order valence-electron chi connectivity index (χ2n) is 4.39. The molecule has 1 aromatic rings. The number of hydrogen-bond acceptors (Lipinski definition) is 5. The number of thiazole rings is 1. The van der Waals surface area contributed by atoms with Gasteiger partial charge in [0.05, 0.1) is 24.0 Å². The number of rotatable bonds is 2. The average molecular weight is 242 g/mol. The van der Waals surface area contributed by atoms with Gasteiger partial charge in [0.1, 0.15) is 0 Å². The smallest absolute Gasteiger partial charge is 0.185 e. The Morgan fingerprint density at radius 2 is 2.12 bits per heavy atom. The predicted molar refractivity (Wildman–Crippen MR) is 65.0 cm³/mol. The van der Waals surface area contributed by atoms with Crippen molar-refractivity contribution in [1.29, 1.82) is 0 Å². The Morgan fingerprint density at radius 1 is 1.50 bits per heavy atom. The van der Waals surface area contributed by atoms with Crippen molar-refractivity contribution in [3.05, 3.63) is 11.1 Å². The first-order chi connectivity index (χ1) is 7.56. The molecule has 1 saturated heterocycles. The van der Waals surface area contributed by atoms with Gasteiger partial charge in [0.2, 0.25) is 0 Å². The maximum atomic E-state index is 9.44. The highest BCUT2D eigenvalue weighted by molar-refractivity contribution is 7.13. The summed E-state index contributed by atoms with van der Waals surface area (Å²) in [4.78, 5) is 6.67. The van der Waals surface area contributed by atoms with Crippen LogP contribution in [0, 0.1) is 0 Å². The molecule has 0 radical (unpaired) electrons. The number of morpholine rings is 1. The number of aromatic nitrogens is 1. The molecule has 2 rings (SSSR count). The molecule has 3 unspecified atom stereocenters. The molecule has 1 N–H and O–H groups in total. The Kier molecular flexibility index (Phi) is 3.47. The van der Waals surface area contributed by atoms with Crippen molar-refractivity contribution < 1.29 is 9.84 Å². The zero-order chi connectivity index (χ0) is 11.7. The molecule has 3 atom stereocenters. The van der Waals surface area contributed by atoms with E-state index in [1.165, 1.54) is 0 Å². The monoisotopic (exact) mass is 242 g/mol. The van der Waals surface area contributed by atoms with Gasteiger partial charge in [-0.2, -0.15) is 0 Å². The highest BCUT2D eigenvalue weighted by atomic mass is 32.1. The third-order valence-electron chi connectivity index (χ3n) is 2.63. The van der Waals surface area contributed by atoms with Crippen molar-refractivity contribution in [3.63, 3.8) is 0 Å². The number of nitrogens with zero attached hydrogens (tertiary/aromatic N) is 2. The SMILES string of the molecule is CC1CN(c2nc(C(C)O)cs2)CC(C)O1. The molecule has 1 aromatic heterocycles. The number of anilines is 1. The van der Waals surface area contributed by atoms with Crippen molar-refractivity contribution in [3.8, 4) is 0 Å². The molecule has 0 bridgehead atoms. The van der Waals surface area contributed by atoms with Gasteiger partial charge in [-0.25, -0.2) is 4.98 Å². The number of aliphatic hydroxyl groups excluding tert-OH is 1. The van der Waals surface area contributed by atoms with Gasteiger partial charge in [-0.15, -0.1) is 11.3 Å². The van der Waals surface area contributed by atoms with Crippen LogP contribution in [0.4, 0.5) is 5.13 Å². The van der Waals surface area contributed by atoms with Crippen LogP contribution in [0.3, 0.4) is 0 Å². The van der Waals surface area contributed by atoms with Crippen LogP contribution in [-0.4, -0.2) is 35.4 Å². The quantitative estimate of drug-likeness (QED) is 0.859. The lowest BCUT2D eigenvalue weighted by molar-refractivity contribution is -0.00524. The molecule has 1 aliphatic rings. The number of hydrogen-bond donors (Lipinski definition) is 1. The van der Waals surface area contributed by atoms with Crippen LogP contribution in [0.5, 0.6) is 0 Å². The molecule has 90 valence electrons. The van der Waals surface area contributed by atoms with Crippen molar-refractivity contribution in [2.75, 3.05) is 18.0 Å². The van der Waals surface area contributed by atoms with Crippen LogP contribution >= 0.6 is 11.3 Å². The molecule has 2 heterocycles. The van der Waals surface area contributed by atoms with Crippen LogP contribution in [0.15, 0.2) is 5.38 Å². The Hall–Kier alpha value is -0.650. The maximum absolute atomic E-state index is 9.44. The normalized spacial score (nSPS) is 28.1. The topological polar surface area (TPSA) is 45.6 Å². The summed E-state index contributed by atoms with van der Waals surface area (Å²) < 4.78 is 5.68. The fraction of sp³-hybridized carbons (Fsp3) is 0.727. The van der Waals surface area contributed by atoms with Crippen molar-refractivity contribution in [2.45, 2.75) is 39.1 Å². The summed E-state index contributed by atoms with van der Waals surface area (Å²) in [6.07, 6.45) is -0.00816. The third kappa shape index (κ3) is 2.53. The highest BCUT2D eigenvalue weighted by Gasteiger charge is 2.24. The van der Waals surface area contributed by atoms with Gasteiger partial charge >= 0.3 is 0 Å². The van der Waals surface area contributed by atoms with Crippen LogP contribution in [0.1, 0.15) is 32.6 Å². The molecule has 16 heavy (non-hydrogen) atoms. The average Bonchev–Trinajstić information content (AvgIpc) is 2.64. The van der Waals surface area contributed by atoms with E-state index in [9.17, 15) is 5.11 Å². The van der Waals surface area contributed by atoms with Gasteiger partial charge < -0.3 is 14.7 Å². The Morgan fingerprint density at radius 3 is 2.62 bits per heavy atom. The summed E-state index contributed by atoms with van der Waals surface area (Å²) >= 11 is 1.59. The van der Waals surface area contributed by atoms with Crippen LogP contribution in [0.2, 0.25) is 0 Å². The van der Waals surface area contributed by atoms with Crippen LogP contribution < -0.4 is 4.90 Å². The zero-order valence-corrected chi connectivity index (χ0v) is 10.7. The number of ether oxygens (including phenoxy) is 1. The van der Waals surface area contributed by atoms with Gasteiger partial charge in [0.15, 0.2) is 5.13 Å². The third-order valence-corrected chi connectivity index (χ3v) is 3.55. The molecule has 5 heteroatoms. The first kappa shape index (κ1) is 11.8. The van der Waals surface area contributed by atoms with Crippen molar-refractivity contribution in [1.82, 2.24) is 4.98 Å². The Labute approximate surface area is 99.9 Å². The van der Waals surface area contributed by atoms with E-state index in [0.29, 0.717) is 0 Å². The maximum Gasteiger partial charge on any atom is 0.185 e. The molecule has 0 aromatic carbocycles. The summed E-state index contributed by atoms with van der Waals surface area (Å²) in [5, 5.41) is 12.3. The van der Waals surface area contributed by atoms with Crippen molar-refractivity contribution in [2.24, 2.45) is 0 Å². The second kappa shape index (κ2) is 4.69. The Balaban J connectivity index is 2.10. The molecule has 1 aliphatic heterocycles. The summed E-state index contributed by atoms with van der Waals surface area (Å²) in [5.74, 6) is 0. The van der Waals surface area contributed by atoms with Gasteiger partial charge in [0, 0.05) is 18.5 Å². The van der Waals surface area contributed by atoms with E-state index in [1.54, 1.807) is 18.3 Å². The minimum Gasteiger partial charge on any atom is -0.387 e. The summed E-state index contributed by atoms with van der Waals surface area (Å²) in [5.41, 5.74) is 0.756. The van der Waals surface area contributed by atoms with Gasteiger partial charge in [-0.05, 0) is 20.8 Å². The lowest BCUT2D eigenvalue weighted by Gasteiger charge is -2.35. The molecule has 1 fully saturated rings. The van der Waals surface area contributed by atoms with E-state index in [-0.39, 0.29) is 12.2 Å². The largest absolute Gasteiger partial charge is 0.387 e. The Bertz CT molecular complexity index is 344. The number of aliphatic hydroxyl groups is 1. The lowest BCUT2D eigenvalue weighted by atomic mass is 10.2. The van der Waals surface area contributed by atoms with Gasteiger partial charge in [0.25, 0.3) is 0 Å². The lowest BCUT2D eigenvalue weighted by Crippen LogP contribution is -2.45. The highest BCUT2D eigenvalue weighted by Crippen LogP contribution is 2.26. The molecule has 0 amide bonds. The first-order valence-corrected chi connectivity index (χ1v) is 6.48. The fourth-order valence-corrected chi connectivity index (χ4v) is 2.88. The van der Waals surface area contributed by atoms with E-state index in [2.05, 4.69) is 23.7 Å². The molecular formula is C11H18N2O2S.